The zero-order valence-corrected chi connectivity index (χ0v) is 17.7. The summed E-state index contributed by atoms with van der Waals surface area (Å²) in [5, 5.41) is 3.63. The van der Waals surface area contributed by atoms with Crippen molar-refractivity contribution in [3.05, 3.63) is 30.1 Å². The van der Waals surface area contributed by atoms with Gasteiger partial charge in [-0.15, -0.1) is 0 Å². The fourth-order valence-electron chi connectivity index (χ4n) is 4.40. The molecule has 0 bridgehead atoms. The van der Waals surface area contributed by atoms with Crippen molar-refractivity contribution in [3.8, 4) is 0 Å². The molecule has 156 valence electrons. The first-order chi connectivity index (χ1) is 13.5. The summed E-state index contributed by atoms with van der Waals surface area (Å²) in [4.78, 5) is 11.8. The van der Waals surface area contributed by atoms with Crippen LogP contribution in [-0.4, -0.2) is 75.2 Å². The number of piperidine rings is 1. The van der Waals surface area contributed by atoms with Gasteiger partial charge >= 0.3 is 0 Å². The minimum absolute atomic E-state index is 0.179. The zero-order chi connectivity index (χ0) is 19.9. The molecule has 28 heavy (non-hydrogen) atoms. The summed E-state index contributed by atoms with van der Waals surface area (Å²) in [5.74, 6) is 2.27. The summed E-state index contributed by atoms with van der Waals surface area (Å²) in [6.45, 7) is 13.0. The van der Waals surface area contributed by atoms with Crippen molar-refractivity contribution in [1.82, 2.24) is 15.1 Å². The Bertz CT molecular complexity index is 622. The maximum Gasteiger partial charge on any atom is 0.193 e. The number of hydrogen-bond donors (Lipinski definition) is 1. The first-order valence-electron chi connectivity index (χ1n) is 10.7. The molecule has 1 unspecified atom stereocenters. The average molecular weight is 390 g/mol. The number of nitrogens with one attached hydrogen (secondary N) is 1. The van der Waals surface area contributed by atoms with Gasteiger partial charge in [0.25, 0.3) is 0 Å². The summed E-state index contributed by atoms with van der Waals surface area (Å²) >= 11 is 0. The Morgan fingerprint density at radius 2 is 1.86 bits per heavy atom. The second-order valence-corrected chi connectivity index (χ2v) is 8.54. The number of hydrogen-bond acceptors (Lipinski definition) is 3. The van der Waals surface area contributed by atoms with E-state index in [2.05, 4.69) is 38.9 Å². The highest BCUT2D eigenvalue weighted by Gasteiger charge is 2.23. The van der Waals surface area contributed by atoms with E-state index in [-0.39, 0.29) is 5.82 Å². The summed E-state index contributed by atoms with van der Waals surface area (Å²) < 4.78 is 13.1. The van der Waals surface area contributed by atoms with E-state index in [1.807, 2.05) is 19.2 Å². The van der Waals surface area contributed by atoms with Gasteiger partial charge in [-0.1, -0.05) is 13.8 Å². The molecule has 0 aliphatic carbocycles. The van der Waals surface area contributed by atoms with Gasteiger partial charge in [0.2, 0.25) is 0 Å². The van der Waals surface area contributed by atoms with E-state index >= 15 is 0 Å². The molecule has 0 amide bonds. The molecule has 0 saturated carbocycles. The monoisotopic (exact) mass is 389 g/mol. The number of anilines is 1. The van der Waals surface area contributed by atoms with Crippen molar-refractivity contribution in [1.29, 1.82) is 0 Å². The normalized spacial score (nSPS) is 22.0. The van der Waals surface area contributed by atoms with E-state index in [9.17, 15) is 4.39 Å². The van der Waals surface area contributed by atoms with Crippen molar-refractivity contribution >= 4 is 11.6 Å². The second kappa shape index (κ2) is 10.1. The number of likely N-dealkylation sites (tertiary alicyclic amines) is 1. The summed E-state index contributed by atoms with van der Waals surface area (Å²) in [6, 6.07) is 6.80. The van der Waals surface area contributed by atoms with E-state index in [1.54, 1.807) is 0 Å². The van der Waals surface area contributed by atoms with Crippen LogP contribution in [0.5, 0.6) is 0 Å². The predicted octanol–water partition coefficient (Wildman–Crippen LogP) is 2.89. The molecule has 1 N–H and O–H groups in total. The van der Waals surface area contributed by atoms with Gasteiger partial charge in [0.1, 0.15) is 5.82 Å². The van der Waals surface area contributed by atoms with Gasteiger partial charge in [0, 0.05) is 58.5 Å². The lowest BCUT2D eigenvalue weighted by atomic mass is 9.97. The number of rotatable bonds is 5. The van der Waals surface area contributed by atoms with E-state index in [0.29, 0.717) is 5.92 Å². The first kappa shape index (κ1) is 20.9. The smallest absolute Gasteiger partial charge is 0.193 e. The molecule has 1 aromatic rings. The van der Waals surface area contributed by atoms with Crippen molar-refractivity contribution in [2.75, 3.05) is 64.3 Å². The third-order valence-electron chi connectivity index (χ3n) is 5.76. The fraction of sp³-hybridized carbons (Fsp3) is 0.682. The third-order valence-corrected chi connectivity index (χ3v) is 5.76. The van der Waals surface area contributed by atoms with Gasteiger partial charge in [0.05, 0.1) is 0 Å². The molecule has 1 atom stereocenters. The quantitative estimate of drug-likeness (QED) is 0.620. The van der Waals surface area contributed by atoms with Crippen molar-refractivity contribution in [2.24, 2.45) is 16.8 Å². The van der Waals surface area contributed by atoms with Crippen LogP contribution in [-0.2, 0) is 0 Å². The van der Waals surface area contributed by atoms with Gasteiger partial charge in [0.15, 0.2) is 5.96 Å². The Balaban J connectivity index is 1.45. The van der Waals surface area contributed by atoms with Gasteiger partial charge in [-0.3, -0.25) is 4.99 Å². The molecule has 2 aliphatic rings. The van der Waals surface area contributed by atoms with Gasteiger partial charge in [-0.05, 0) is 55.5 Å². The number of guanidine groups is 1. The van der Waals surface area contributed by atoms with E-state index in [4.69, 9.17) is 0 Å². The molecule has 0 aromatic heterocycles. The van der Waals surface area contributed by atoms with Crippen LogP contribution in [0.1, 0.15) is 26.7 Å². The molecule has 0 spiro atoms. The maximum absolute atomic E-state index is 13.1. The van der Waals surface area contributed by atoms with Crippen molar-refractivity contribution in [3.63, 3.8) is 0 Å². The zero-order valence-electron chi connectivity index (χ0n) is 17.7. The highest BCUT2D eigenvalue weighted by molar-refractivity contribution is 5.80. The number of piperazine rings is 1. The van der Waals surface area contributed by atoms with Crippen molar-refractivity contribution in [2.45, 2.75) is 26.7 Å². The SMILES string of the molecule is CN=C(NCC1CCCN(CC(C)C)C1)N1CCN(c2ccc(F)cc2)CC1. The Morgan fingerprint density at radius 3 is 2.50 bits per heavy atom. The topological polar surface area (TPSA) is 34.1 Å². The molecule has 2 aliphatic heterocycles. The Kier molecular flexibility index (Phi) is 7.54. The standard InChI is InChI=1S/C22H36FN5/c1-18(2)16-26-10-4-5-19(17-26)15-25-22(24-3)28-13-11-27(12-14-28)21-8-6-20(23)7-9-21/h6-9,18-19H,4-5,10-17H2,1-3H3,(H,24,25). The maximum atomic E-state index is 13.1. The first-order valence-corrected chi connectivity index (χ1v) is 10.7. The summed E-state index contributed by atoms with van der Waals surface area (Å²) in [6.07, 6.45) is 2.60. The lowest BCUT2D eigenvalue weighted by molar-refractivity contribution is 0.159. The van der Waals surface area contributed by atoms with Crippen LogP contribution in [0.15, 0.2) is 29.3 Å². The van der Waals surface area contributed by atoms with Crippen LogP contribution in [0.4, 0.5) is 10.1 Å². The van der Waals surface area contributed by atoms with Gasteiger partial charge in [-0.25, -0.2) is 4.39 Å². The molecule has 6 heteroatoms. The minimum Gasteiger partial charge on any atom is -0.368 e. The van der Waals surface area contributed by atoms with Gasteiger partial charge in [-0.2, -0.15) is 0 Å². The van der Waals surface area contributed by atoms with Gasteiger partial charge < -0.3 is 20.0 Å². The Morgan fingerprint density at radius 1 is 1.14 bits per heavy atom. The van der Waals surface area contributed by atoms with Crippen LogP contribution in [0, 0.1) is 17.7 Å². The summed E-state index contributed by atoms with van der Waals surface area (Å²) in [5.41, 5.74) is 1.09. The molecular formula is C22H36FN5. The molecule has 2 saturated heterocycles. The highest BCUT2D eigenvalue weighted by atomic mass is 19.1. The van der Waals surface area contributed by atoms with E-state index in [1.165, 1.54) is 44.6 Å². The number of halogens is 1. The van der Waals surface area contributed by atoms with Crippen LogP contribution >= 0.6 is 0 Å². The highest BCUT2D eigenvalue weighted by Crippen LogP contribution is 2.18. The van der Waals surface area contributed by atoms with Crippen molar-refractivity contribution < 1.29 is 4.39 Å². The lowest BCUT2D eigenvalue weighted by Crippen LogP contribution is -2.53. The summed E-state index contributed by atoms with van der Waals surface area (Å²) in [7, 11) is 1.88. The molecule has 3 rings (SSSR count). The fourth-order valence-corrected chi connectivity index (χ4v) is 4.40. The molecule has 2 heterocycles. The lowest BCUT2D eigenvalue weighted by Gasteiger charge is -2.38. The second-order valence-electron chi connectivity index (χ2n) is 8.54. The number of aliphatic imine (C=N–C) groups is 1. The molecule has 0 radical (unpaired) electrons. The Labute approximate surface area is 169 Å². The molecule has 5 nitrogen and oxygen atoms in total. The Hall–Kier alpha value is -1.82. The number of benzene rings is 1. The van der Waals surface area contributed by atoms with Crippen LogP contribution in [0.2, 0.25) is 0 Å². The minimum atomic E-state index is -0.179. The predicted molar refractivity (Wildman–Crippen MR) is 116 cm³/mol. The molecule has 1 aromatic carbocycles. The van der Waals surface area contributed by atoms with E-state index < -0.39 is 0 Å². The van der Waals surface area contributed by atoms with E-state index in [0.717, 1.165) is 50.3 Å². The van der Waals surface area contributed by atoms with Crippen LogP contribution in [0.25, 0.3) is 0 Å². The molecular weight excluding hydrogens is 353 g/mol. The van der Waals surface area contributed by atoms with Crippen LogP contribution < -0.4 is 10.2 Å². The number of nitrogens with zero attached hydrogens (tertiary/aromatic N) is 4. The average Bonchev–Trinajstić information content (AvgIpc) is 2.69. The third kappa shape index (κ3) is 5.84. The molecule has 2 fully saturated rings. The van der Waals surface area contributed by atoms with Crippen LogP contribution in [0.3, 0.4) is 0 Å². The largest absolute Gasteiger partial charge is 0.368 e.